The van der Waals surface area contributed by atoms with Crippen molar-refractivity contribution < 1.29 is 0 Å². The first kappa shape index (κ1) is 14.2. The third kappa shape index (κ3) is 3.67. The van der Waals surface area contributed by atoms with Gasteiger partial charge in [0.1, 0.15) is 17.0 Å². The molecule has 0 radical (unpaired) electrons. The summed E-state index contributed by atoms with van der Waals surface area (Å²) in [5.74, 6) is 0.773. The number of rotatable bonds is 4. The molecule has 1 heterocycles. The molecule has 110 valence electrons. The molecule has 1 aliphatic carbocycles. The van der Waals surface area contributed by atoms with Gasteiger partial charge in [-0.2, -0.15) is 0 Å². The lowest BCUT2D eigenvalue weighted by atomic mass is 9.95. The zero-order valence-corrected chi connectivity index (χ0v) is 12.8. The van der Waals surface area contributed by atoms with E-state index >= 15 is 0 Å². The summed E-state index contributed by atoms with van der Waals surface area (Å²) in [7, 11) is 0. The molecule has 0 atom stereocenters. The molecule has 0 saturated heterocycles. The van der Waals surface area contributed by atoms with Crippen LogP contribution in [0.5, 0.6) is 0 Å². The fraction of sp³-hybridized carbons (Fsp3) is 0.375. The molecule has 1 aromatic heterocycles. The second-order valence-corrected chi connectivity index (χ2v) is 6.40. The molecule has 3 N–H and O–H groups in total. The Morgan fingerprint density at radius 3 is 2.57 bits per heavy atom. The molecule has 1 aliphatic rings. The molecule has 0 bridgehead atoms. The molecule has 1 aromatic carbocycles. The van der Waals surface area contributed by atoms with Gasteiger partial charge in [0, 0.05) is 10.9 Å². The lowest BCUT2D eigenvalue weighted by Gasteiger charge is -2.24. The van der Waals surface area contributed by atoms with E-state index in [-0.39, 0.29) is 0 Å². The fourth-order valence-corrected chi connectivity index (χ4v) is 3.44. The summed E-state index contributed by atoms with van der Waals surface area (Å²) in [4.78, 5) is 9.76. The number of nitrogen functional groups attached to an aromatic ring is 1. The highest BCUT2D eigenvalue weighted by atomic mass is 32.2. The zero-order valence-electron chi connectivity index (χ0n) is 12.0. The van der Waals surface area contributed by atoms with E-state index in [4.69, 9.17) is 5.73 Å². The summed E-state index contributed by atoms with van der Waals surface area (Å²) in [6, 6.07) is 10.6. The molecule has 0 aliphatic heterocycles. The number of nitrogens with zero attached hydrogens (tertiary/aromatic N) is 2. The fourth-order valence-electron chi connectivity index (χ4n) is 2.62. The Balaban J connectivity index is 1.75. The van der Waals surface area contributed by atoms with Crippen LogP contribution >= 0.6 is 11.8 Å². The first-order valence-corrected chi connectivity index (χ1v) is 8.24. The first-order valence-electron chi connectivity index (χ1n) is 7.43. The van der Waals surface area contributed by atoms with Gasteiger partial charge in [0.15, 0.2) is 5.82 Å². The average Bonchev–Trinajstić information content (AvgIpc) is 2.53. The Labute approximate surface area is 129 Å². The maximum absolute atomic E-state index is 6.24. The molecule has 5 heteroatoms. The standard InChI is InChI=1S/C16H20N4S/c17-14-15(20-12-7-3-1-4-8-12)18-11-19-16(14)21-13-9-5-2-6-10-13/h2,5-6,9-12H,1,3-4,7-8,17H2,(H,18,19,20). The van der Waals surface area contributed by atoms with Crippen molar-refractivity contribution in [1.29, 1.82) is 0 Å². The van der Waals surface area contributed by atoms with Crippen molar-refractivity contribution in [3.05, 3.63) is 36.7 Å². The summed E-state index contributed by atoms with van der Waals surface area (Å²) in [5, 5.41) is 4.30. The Bertz CT molecular complexity index is 582. The molecule has 1 saturated carbocycles. The first-order chi connectivity index (χ1) is 10.3. The predicted octanol–water partition coefficient (Wildman–Crippen LogP) is 3.95. The van der Waals surface area contributed by atoms with Gasteiger partial charge in [0.25, 0.3) is 0 Å². The second kappa shape index (κ2) is 6.80. The number of nitrogens with two attached hydrogens (primary N) is 1. The van der Waals surface area contributed by atoms with Crippen molar-refractivity contribution in [2.24, 2.45) is 0 Å². The van der Waals surface area contributed by atoms with Crippen LogP contribution in [0.25, 0.3) is 0 Å². The molecule has 1 fully saturated rings. The molecule has 0 unspecified atom stereocenters. The molecule has 0 spiro atoms. The van der Waals surface area contributed by atoms with Crippen LogP contribution in [0.15, 0.2) is 46.6 Å². The van der Waals surface area contributed by atoms with Gasteiger partial charge in [0.2, 0.25) is 0 Å². The molecule has 2 aromatic rings. The van der Waals surface area contributed by atoms with Crippen LogP contribution in [0.4, 0.5) is 11.5 Å². The van der Waals surface area contributed by atoms with Gasteiger partial charge in [-0.05, 0) is 25.0 Å². The van der Waals surface area contributed by atoms with Crippen molar-refractivity contribution in [3.8, 4) is 0 Å². The molecule has 4 nitrogen and oxygen atoms in total. The Kier molecular flexibility index (Phi) is 4.60. The van der Waals surface area contributed by atoms with E-state index in [1.807, 2.05) is 18.2 Å². The number of hydrogen-bond acceptors (Lipinski definition) is 5. The van der Waals surface area contributed by atoms with Crippen LogP contribution in [-0.2, 0) is 0 Å². The number of anilines is 2. The molecular weight excluding hydrogens is 280 g/mol. The van der Waals surface area contributed by atoms with E-state index in [1.165, 1.54) is 32.1 Å². The maximum Gasteiger partial charge on any atom is 0.154 e. The highest BCUT2D eigenvalue weighted by Gasteiger charge is 2.16. The van der Waals surface area contributed by atoms with Gasteiger partial charge in [0.05, 0.1) is 0 Å². The van der Waals surface area contributed by atoms with Crippen molar-refractivity contribution in [2.45, 2.75) is 48.1 Å². The van der Waals surface area contributed by atoms with Gasteiger partial charge in [-0.1, -0.05) is 49.2 Å². The third-order valence-electron chi connectivity index (χ3n) is 3.75. The SMILES string of the molecule is Nc1c(NC2CCCCC2)ncnc1Sc1ccccc1. The quantitative estimate of drug-likeness (QED) is 0.837. The lowest BCUT2D eigenvalue weighted by Crippen LogP contribution is -2.23. The number of hydrogen-bond donors (Lipinski definition) is 2. The minimum absolute atomic E-state index is 0.491. The normalized spacial score (nSPS) is 15.8. The summed E-state index contributed by atoms with van der Waals surface area (Å²) >= 11 is 1.57. The predicted molar refractivity (Wildman–Crippen MR) is 87.5 cm³/mol. The van der Waals surface area contributed by atoms with Crippen LogP contribution < -0.4 is 11.1 Å². The van der Waals surface area contributed by atoms with Crippen LogP contribution in [0.1, 0.15) is 32.1 Å². The molecule has 3 rings (SSSR count). The van der Waals surface area contributed by atoms with Gasteiger partial charge in [-0.3, -0.25) is 0 Å². The molecular formula is C16H20N4S. The monoisotopic (exact) mass is 300 g/mol. The van der Waals surface area contributed by atoms with E-state index in [9.17, 15) is 0 Å². The smallest absolute Gasteiger partial charge is 0.154 e. The van der Waals surface area contributed by atoms with E-state index in [0.717, 1.165) is 15.7 Å². The van der Waals surface area contributed by atoms with Gasteiger partial charge in [-0.25, -0.2) is 9.97 Å². The molecule has 21 heavy (non-hydrogen) atoms. The Hall–Kier alpha value is -1.75. The summed E-state index contributed by atoms with van der Waals surface area (Å²) in [6.45, 7) is 0. The van der Waals surface area contributed by atoms with Gasteiger partial charge in [-0.15, -0.1) is 0 Å². The third-order valence-corrected chi connectivity index (χ3v) is 4.78. The number of benzene rings is 1. The summed E-state index contributed by atoms with van der Waals surface area (Å²) in [6.07, 6.45) is 7.90. The Morgan fingerprint density at radius 2 is 1.81 bits per heavy atom. The van der Waals surface area contributed by atoms with Crippen LogP contribution in [0, 0.1) is 0 Å². The van der Waals surface area contributed by atoms with Crippen molar-refractivity contribution in [1.82, 2.24) is 9.97 Å². The highest BCUT2D eigenvalue weighted by molar-refractivity contribution is 7.99. The van der Waals surface area contributed by atoms with Crippen LogP contribution in [0.3, 0.4) is 0 Å². The van der Waals surface area contributed by atoms with Crippen molar-refractivity contribution >= 4 is 23.3 Å². The van der Waals surface area contributed by atoms with E-state index in [0.29, 0.717) is 11.7 Å². The van der Waals surface area contributed by atoms with Crippen LogP contribution in [0.2, 0.25) is 0 Å². The topological polar surface area (TPSA) is 63.8 Å². The second-order valence-electron chi connectivity index (χ2n) is 5.34. The van der Waals surface area contributed by atoms with E-state index < -0.39 is 0 Å². The van der Waals surface area contributed by atoms with E-state index in [1.54, 1.807) is 18.1 Å². The van der Waals surface area contributed by atoms with Crippen LogP contribution in [-0.4, -0.2) is 16.0 Å². The van der Waals surface area contributed by atoms with Crippen molar-refractivity contribution in [2.75, 3.05) is 11.1 Å². The lowest BCUT2D eigenvalue weighted by molar-refractivity contribution is 0.462. The summed E-state index contributed by atoms with van der Waals surface area (Å²) in [5.41, 5.74) is 6.89. The number of aromatic nitrogens is 2. The summed E-state index contributed by atoms with van der Waals surface area (Å²) < 4.78 is 0. The van der Waals surface area contributed by atoms with Gasteiger partial charge < -0.3 is 11.1 Å². The van der Waals surface area contributed by atoms with Gasteiger partial charge >= 0.3 is 0 Å². The van der Waals surface area contributed by atoms with E-state index in [2.05, 4.69) is 27.4 Å². The maximum atomic E-state index is 6.24. The molecule has 0 amide bonds. The van der Waals surface area contributed by atoms with Crippen molar-refractivity contribution in [3.63, 3.8) is 0 Å². The largest absolute Gasteiger partial charge is 0.394 e. The minimum atomic E-state index is 0.491. The Morgan fingerprint density at radius 1 is 1.05 bits per heavy atom. The highest BCUT2D eigenvalue weighted by Crippen LogP contribution is 2.33. The number of nitrogens with one attached hydrogen (secondary N) is 1. The average molecular weight is 300 g/mol. The zero-order chi connectivity index (χ0) is 14.5. The minimum Gasteiger partial charge on any atom is -0.394 e.